The third-order valence-corrected chi connectivity index (χ3v) is 3.25. The van der Waals surface area contributed by atoms with Gasteiger partial charge in [-0.1, -0.05) is 12.1 Å². The Labute approximate surface area is 124 Å². The minimum Gasteiger partial charge on any atom is -0.401 e. The number of amides is 1. The normalized spacial score (nSPS) is 15.2. The number of carbonyl (C=O) groups is 2. The molecule has 2 aromatic rings. The summed E-state index contributed by atoms with van der Waals surface area (Å²) in [7, 11) is 0. The second kappa shape index (κ2) is 4.96. The summed E-state index contributed by atoms with van der Waals surface area (Å²) in [6.07, 6.45) is 1.33. The second-order valence-electron chi connectivity index (χ2n) is 4.66. The van der Waals surface area contributed by atoms with Crippen LogP contribution in [0.4, 0.5) is 11.6 Å². The highest BCUT2D eigenvalue weighted by Crippen LogP contribution is 2.35. The predicted octanol–water partition coefficient (Wildman–Crippen LogP) is 2.78. The summed E-state index contributed by atoms with van der Waals surface area (Å²) in [4.78, 5) is 35.5. The van der Waals surface area contributed by atoms with Gasteiger partial charge in [0.05, 0.1) is 11.8 Å². The summed E-state index contributed by atoms with van der Waals surface area (Å²) >= 11 is 0. The molecule has 0 bridgehead atoms. The number of ketones is 1. The zero-order chi connectivity index (χ0) is 15.9. The van der Waals surface area contributed by atoms with E-state index in [4.69, 9.17) is 4.42 Å². The first-order valence-electron chi connectivity index (χ1n) is 6.39. The molecule has 22 heavy (non-hydrogen) atoms. The van der Waals surface area contributed by atoms with E-state index in [0.29, 0.717) is 11.3 Å². The number of allylic oxidation sites excluding steroid dienone is 1. The number of hydrogen-bond acceptors (Lipinski definition) is 5. The van der Waals surface area contributed by atoms with Gasteiger partial charge in [0.2, 0.25) is 11.7 Å². The molecule has 1 aromatic carbocycles. The molecule has 0 radical (unpaired) electrons. The standard InChI is InChI=1S/C15H10N2O5/c1-9(18)16-12-5-3-2-4-11(12)15(19)13(16)8-10-6-7-14(22-10)17(20)21/h2-8H,1H3/b13-8+. The molecule has 0 spiro atoms. The molecule has 1 aliphatic rings. The van der Waals surface area contributed by atoms with Crippen LogP contribution in [0.25, 0.3) is 6.08 Å². The number of hydrogen-bond donors (Lipinski definition) is 0. The van der Waals surface area contributed by atoms with Crippen molar-refractivity contribution >= 4 is 29.3 Å². The van der Waals surface area contributed by atoms with E-state index in [0.717, 1.165) is 0 Å². The zero-order valence-electron chi connectivity index (χ0n) is 11.5. The van der Waals surface area contributed by atoms with Crippen molar-refractivity contribution in [1.29, 1.82) is 0 Å². The van der Waals surface area contributed by atoms with Crippen LogP contribution in [0.3, 0.4) is 0 Å². The van der Waals surface area contributed by atoms with E-state index in [9.17, 15) is 19.7 Å². The highest BCUT2D eigenvalue weighted by molar-refractivity contribution is 6.26. The molecule has 1 amide bonds. The molecule has 2 heterocycles. The van der Waals surface area contributed by atoms with Crippen molar-refractivity contribution in [2.75, 3.05) is 4.90 Å². The van der Waals surface area contributed by atoms with Crippen molar-refractivity contribution in [3.8, 4) is 0 Å². The fourth-order valence-corrected chi connectivity index (χ4v) is 2.35. The molecule has 0 aliphatic carbocycles. The number of rotatable bonds is 2. The molecule has 110 valence electrons. The van der Waals surface area contributed by atoms with E-state index in [1.165, 1.54) is 30.0 Å². The number of furan rings is 1. The molecular weight excluding hydrogens is 288 g/mol. The van der Waals surface area contributed by atoms with Gasteiger partial charge in [-0.05, 0) is 18.2 Å². The molecule has 1 aromatic heterocycles. The quantitative estimate of drug-likeness (QED) is 0.482. The number of Topliss-reactive ketones (excluding diaryl/α,β-unsaturated/α-hetero) is 1. The van der Waals surface area contributed by atoms with E-state index < -0.39 is 10.8 Å². The van der Waals surface area contributed by atoms with Crippen LogP contribution >= 0.6 is 0 Å². The lowest BCUT2D eigenvalue weighted by atomic mass is 10.1. The second-order valence-corrected chi connectivity index (χ2v) is 4.66. The molecule has 0 N–H and O–H groups in total. The minimum absolute atomic E-state index is 0.109. The number of fused-ring (bicyclic) bond motifs is 1. The lowest BCUT2D eigenvalue weighted by molar-refractivity contribution is -0.402. The Morgan fingerprint density at radius 1 is 1.27 bits per heavy atom. The smallest absolute Gasteiger partial charge is 0.401 e. The van der Waals surface area contributed by atoms with Crippen LogP contribution < -0.4 is 4.90 Å². The van der Waals surface area contributed by atoms with Crippen LogP contribution in [0.5, 0.6) is 0 Å². The van der Waals surface area contributed by atoms with Crippen molar-refractivity contribution in [1.82, 2.24) is 0 Å². The number of benzene rings is 1. The van der Waals surface area contributed by atoms with Gasteiger partial charge in [-0.3, -0.25) is 24.6 Å². The lowest BCUT2D eigenvalue weighted by Crippen LogP contribution is -2.25. The molecular formula is C15H10N2O5. The summed E-state index contributed by atoms with van der Waals surface area (Å²) in [5, 5.41) is 10.6. The zero-order valence-corrected chi connectivity index (χ0v) is 11.5. The van der Waals surface area contributed by atoms with Gasteiger partial charge in [0.1, 0.15) is 16.4 Å². The highest BCUT2D eigenvalue weighted by atomic mass is 16.6. The maximum atomic E-state index is 12.4. The molecule has 7 heteroatoms. The van der Waals surface area contributed by atoms with Crippen molar-refractivity contribution < 1.29 is 18.9 Å². The Balaban J connectivity index is 2.09. The fourth-order valence-electron chi connectivity index (χ4n) is 2.35. The largest absolute Gasteiger partial charge is 0.433 e. The third-order valence-electron chi connectivity index (χ3n) is 3.25. The van der Waals surface area contributed by atoms with Crippen molar-refractivity contribution in [2.24, 2.45) is 0 Å². The van der Waals surface area contributed by atoms with Crippen LogP contribution in [0.2, 0.25) is 0 Å². The number of anilines is 1. The molecule has 0 fully saturated rings. The predicted molar refractivity (Wildman–Crippen MR) is 77.3 cm³/mol. The number of carbonyl (C=O) groups excluding carboxylic acids is 2. The van der Waals surface area contributed by atoms with E-state index in [1.807, 2.05) is 0 Å². The molecule has 3 rings (SSSR count). The van der Waals surface area contributed by atoms with E-state index in [2.05, 4.69) is 0 Å². The van der Waals surface area contributed by atoms with Gasteiger partial charge >= 0.3 is 5.88 Å². The summed E-state index contributed by atoms with van der Waals surface area (Å²) in [5.41, 5.74) is 1.01. The minimum atomic E-state index is -0.671. The van der Waals surface area contributed by atoms with Crippen molar-refractivity contribution in [2.45, 2.75) is 6.92 Å². The Bertz CT molecular complexity index is 834. The van der Waals surface area contributed by atoms with Crippen LogP contribution in [-0.2, 0) is 4.79 Å². The summed E-state index contributed by atoms with van der Waals surface area (Å²) in [6, 6.07) is 9.29. The number of nitro groups is 1. The SMILES string of the molecule is CC(=O)N1/C(=C/c2ccc([N+](=O)[O-])o2)C(=O)c2ccccc21. The van der Waals surface area contributed by atoms with Crippen LogP contribution in [0.1, 0.15) is 23.0 Å². The fraction of sp³-hybridized carbons (Fsp3) is 0.0667. The van der Waals surface area contributed by atoms with Crippen LogP contribution in [0.15, 0.2) is 46.5 Å². The Hall–Kier alpha value is -3.22. The maximum absolute atomic E-state index is 12.4. The lowest BCUT2D eigenvalue weighted by Gasteiger charge is -2.15. The first-order valence-corrected chi connectivity index (χ1v) is 6.39. The molecule has 0 saturated carbocycles. The number of para-hydroxylation sites is 1. The van der Waals surface area contributed by atoms with Gasteiger partial charge in [0.25, 0.3) is 0 Å². The van der Waals surface area contributed by atoms with Crippen LogP contribution in [-0.4, -0.2) is 16.6 Å². The van der Waals surface area contributed by atoms with Gasteiger partial charge < -0.3 is 4.42 Å². The van der Waals surface area contributed by atoms with Gasteiger partial charge in [-0.25, -0.2) is 0 Å². The Morgan fingerprint density at radius 2 is 2.00 bits per heavy atom. The maximum Gasteiger partial charge on any atom is 0.433 e. The van der Waals surface area contributed by atoms with Gasteiger partial charge in [-0.2, -0.15) is 0 Å². The highest BCUT2D eigenvalue weighted by Gasteiger charge is 2.34. The molecule has 7 nitrogen and oxygen atoms in total. The Morgan fingerprint density at radius 3 is 2.64 bits per heavy atom. The summed E-state index contributed by atoms with van der Waals surface area (Å²) < 4.78 is 5.02. The number of nitrogens with zero attached hydrogens (tertiary/aromatic N) is 2. The Kier molecular flexibility index (Phi) is 3.10. The summed E-state index contributed by atoms with van der Waals surface area (Å²) in [6.45, 7) is 1.34. The van der Waals surface area contributed by atoms with Crippen molar-refractivity contribution in [3.05, 3.63) is 63.5 Å². The van der Waals surface area contributed by atoms with E-state index in [-0.39, 0.29) is 23.1 Å². The monoisotopic (exact) mass is 298 g/mol. The topological polar surface area (TPSA) is 93.7 Å². The first-order chi connectivity index (χ1) is 10.5. The third kappa shape index (κ3) is 2.08. The molecule has 1 aliphatic heterocycles. The van der Waals surface area contributed by atoms with Gasteiger partial charge in [-0.15, -0.1) is 0 Å². The average molecular weight is 298 g/mol. The van der Waals surface area contributed by atoms with Crippen LogP contribution in [0, 0.1) is 10.1 Å². The summed E-state index contributed by atoms with van der Waals surface area (Å²) in [5.74, 6) is -0.950. The van der Waals surface area contributed by atoms with Crippen molar-refractivity contribution in [3.63, 3.8) is 0 Å². The molecule has 0 unspecified atom stereocenters. The average Bonchev–Trinajstić information content (AvgIpc) is 3.04. The van der Waals surface area contributed by atoms with Gasteiger partial charge in [0, 0.05) is 18.6 Å². The van der Waals surface area contributed by atoms with E-state index >= 15 is 0 Å². The van der Waals surface area contributed by atoms with E-state index in [1.54, 1.807) is 24.3 Å². The first kappa shape index (κ1) is 13.7. The molecule has 0 saturated heterocycles. The van der Waals surface area contributed by atoms with Gasteiger partial charge in [0.15, 0.2) is 0 Å². The molecule has 0 atom stereocenters.